The van der Waals surface area contributed by atoms with Gasteiger partial charge in [0.05, 0.1) is 23.8 Å². The highest BCUT2D eigenvalue weighted by atomic mass is 16.6. The minimum atomic E-state index is -0.551. The fourth-order valence-corrected chi connectivity index (χ4v) is 2.03. The number of nitro groups is 1. The second-order valence-corrected chi connectivity index (χ2v) is 4.86. The first-order valence-electron chi connectivity index (χ1n) is 6.92. The molecule has 0 aliphatic carbocycles. The molecule has 0 saturated carbocycles. The van der Waals surface area contributed by atoms with E-state index in [4.69, 9.17) is 4.74 Å². The van der Waals surface area contributed by atoms with Gasteiger partial charge in [-0.25, -0.2) is 0 Å². The number of carbonyl (C=O) groups is 2. The van der Waals surface area contributed by atoms with E-state index in [1.165, 1.54) is 38.3 Å². The summed E-state index contributed by atoms with van der Waals surface area (Å²) in [5.41, 5.74) is 0.975. The first kappa shape index (κ1) is 16.9. The van der Waals surface area contributed by atoms with E-state index in [-0.39, 0.29) is 17.3 Å². The van der Waals surface area contributed by atoms with E-state index in [0.717, 1.165) is 0 Å². The normalized spacial score (nSPS) is 9.92. The molecule has 2 aromatic carbocycles. The maximum absolute atomic E-state index is 12.3. The predicted octanol–water partition coefficient (Wildman–Crippen LogP) is 2.81. The number of hydrogen-bond acceptors (Lipinski definition) is 5. The van der Waals surface area contributed by atoms with Crippen molar-refractivity contribution in [1.82, 2.24) is 0 Å². The number of nitrogens with one attached hydrogen (secondary N) is 2. The molecule has 2 amide bonds. The number of rotatable bonds is 5. The first-order valence-corrected chi connectivity index (χ1v) is 6.92. The average molecular weight is 329 g/mol. The molecule has 24 heavy (non-hydrogen) atoms. The van der Waals surface area contributed by atoms with Crippen molar-refractivity contribution < 1.29 is 19.2 Å². The Labute approximate surface area is 137 Å². The van der Waals surface area contributed by atoms with Gasteiger partial charge < -0.3 is 15.4 Å². The quantitative estimate of drug-likeness (QED) is 0.647. The second kappa shape index (κ2) is 7.23. The molecule has 0 aliphatic rings. The van der Waals surface area contributed by atoms with E-state index in [2.05, 4.69) is 10.6 Å². The first-order chi connectivity index (χ1) is 11.4. The zero-order valence-corrected chi connectivity index (χ0v) is 13.0. The topological polar surface area (TPSA) is 111 Å². The summed E-state index contributed by atoms with van der Waals surface area (Å²) in [6.45, 7) is 1.37. The highest BCUT2D eigenvalue weighted by Crippen LogP contribution is 2.29. The van der Waals surface area contributed by atoms with Crippen molar-refractivity contribution in [3.63, 3.8) is 0 Å². The van der Waals surface area contributed by atoms with E-state index in [1.54, 1.807) is 18.2 Å². The fourth-order valence-electron chi connectivity index (χ4n) is 2.03. The van der Waals surface area contributed by atoms with E-state index in [0.29, 0.717) is 16.9 Å². The number of amides is 2. The molecule has 0 heterocycles. The van der Waals surface area contributed by atoms with Crippen molar-refractivity contribution in [1.29, 1.82) is 0 Å². The summed E-state index contributed by atoms with van der Waals surface area (Å²) in [6.07, 6.45) is 0. The van der Waals surface area contributed by atoms with Crippen molar-refractivity contribution in [3.8, 4) is 5.75 Å². The van der Waals surface area contributed by atoms with Crippen LogP contribution in [0.2, 0.25) is 0 Å². The van der Waals surface area contributed by atoms with E-state index >= 15 is 0 Å². The summed E-state index contributed by atoms with van der Waals surface area (Å²) in [5, 5.41) is 16.0. The minimum absolute atomic E-state index is 0.141. The molecule has 8 heteroatoms. The summed E-state index contributed by atoms with van der Waals surface area (Å²) in [5.74, 6) is -0.505. The molecule has 0 atom stereocenters. The number of nitrogens with zero attached hydrogens (tertiary/aromatic N) is 1. The van der Waals surface area contributed by atoms with Gasteiger partial charge >= 0.3 is 0 Å². The van der Waals surface area contributed by atoms with Crippen LogP contribution < -0.4 is 15.4 Å². The minimum Gasteiger partial charge on any atom is -0.494 e. The van der Waals surface area contributed by atoms with Crippen molar-refractivity contribution in [2.24, 2.45) is 0 Å². The molecule has 0 aliphatic heterocycles. The van der Waals surface area contributed by atoms with Gasteiger partial charge in [-0.2, -0.15) is 0 Å². The molecule has 2 rings (SSSR count). The molecule has 2 N–H and O–H groups in total. The van der Waals surface area contributed by atoms with Crippen LogP contribution in [0.5, 0.6) is 5.75 Å². The van der Waals surface area contributed by atoms with Crippen molar-refractivity contribution >= 4 is 28.9 Å². The maximum atomic E-state index is 12.3. The molecule has 124 valence electrons. The van der Waals surface area contributed by atoms with Gasteiger partial charge in [0, 0.05) is 24.2 Å². The summed E-state index contributed by atoms with van der Waals surface area (Å²) in [7, 11) is 1.35. The number of anilines is 2. The SMILES string of the molecule is COc1cc([N+](=O)[O-])ccc1NC(=O)c1cccc(NC(C)=O)c1. The Morgan fingerprint density at radius 2 is 1.88 bits per heavy atom. The molecule has 0 radical (unpaired) electrons. The Bertz CT molecular complexity index is 804. The molecule has 2 aromatic rings. The van der Waals surface area contributed by atoms with Gasteiger partial charge in [0.15, 0.2) is 0 Å². The molecular weight excluding hydrogens is 314 g/mol. The van der Waals surface area contributed by atoms with Gasteiger partial charge in [-0.3, -0.25) is 19.7 Å². The van der Waals surface area contributed by atoms with Crippen LogP contribution in [0.25, 0.3) is 0 Å². The van der Waals surface area contributed by atoms with Crippen LogP contribution in [0.3, 0.4) is 0 Å². The number of hydrogen-bond donors (Lipinski definition) is 2. The van der Waals surface area contributed by atoms with Crippen LogP contribution in [-0.2, 0) is 4.79 Å². The third-order valence-corrected chi connectivity index (χ3v) is 3.09. The lowest BCUT2D eigenvalue weighted by atomic mass is 10.1. The largest absolute Gasteiger partial charge is 0.494 e. The average Bonchev–Trinajstić information content (AvgIpc) is 2.54. The van der Waals surface area contributed by atoms with Crippen LogP contribution in [0.4, 0.5) is 17.1 Å². The molecular formula is C16H15N3O5. The molecule has 0 unspecified atom stereocenters. The van der Waals surface area contributed by atoms with Crippen LogP contribution in [-0.4, -0.2) is 23.8 Å². The Morgan fingerprint density at radius 1 is 1.12 bits per heavy atom. The lowest BCUT2D eigenvalue weighted by Gasteiger charge is -2.11. The van der Waals surface area contributed by atoms with Gasteiger partial charge in [-0.1, -0.05) is 6.07 Å². The van der Waals surface area contributed by atoms with Gasteiger partial charge in [-0.05, 0) is 24.3 Å². The van der Waals surface area contributed by atoms with Gasteiger partial charge in [0.25, 0.3) is 11.6 Å². The number of benzene rings is 2. The standard InChI is InChI=1S/C16H15N3O5/c1-10(20)17-12-5-3-4-11(8-12)16(21)18-14-7-6-13(19(22)23)9-15(14)24-2/h3-9H,1-2H3,(H,17,20)(H,18,21). The zero-order chi connectivity index (χ0) is 17.7. The van der Waals surface area contributed by atoms with E-state index in [1.807, 2.05) is 0 Å². The second-order valence-electron chi connectivity index (χ2n) is 4.86. The molecule has 0 fully saturated rings. The molecule has 0 bridgehead atoms. The van der Waals surface area contributed by atoms with Crippen LogP contribution in [0, 0.1) is 10.1 Å². The van der Waals surface area contributed by atoms with Gasteiger partial charge in [-0.15, -0.1) is 0 Å². The zero-order valence-electron chi connectivity index (χ0n) is 13.0. The predicted molar refractivity (Wildman–Crippen MR) is 88.3 cm³/mol. The summed E-state index contributed by atoms with van der Waals surface area (Å²) >= 11 is 0. The summed E-state index contributed by atoms with van der Waals surface area (Å²) < 4.78 is 5.07. The van der Waals surface area contributed by atoms with E-state index < -0.39 is 10.8 Å². The summed E-state index contributed by atoms with van der Waals surface area (Å²) in [4.78, 5) is 33.6. The number of methoxy groups -OCH3 is 1. The molecule has 8 nitrogen and oxygen atoms in total. The van der Waals surface area contributed by atoms with Gasteiger partial charge in [0.2, 0.25) is 5.91 Å². The smallest absolute Gasteiger partial charge is 0.273 e. The number of nitro benzene ring substituents is 1. The maximum Gasteiger partial charge on any atom is 0.273 e. The van der Waals surface area contributed by atoms with E-state index in [9.17, 15) is 19.7 Å². The Kier molecular flexibility index (Phi) is 5.10. The molecule has 0 aromatic heterocycles. The van der Waals surface area contributed by atoms with Crippen LogP contribution >= 0.6 is 0 Å². The lowest BCUT2D eigenvalue weighted by Crippen LogP contribution is -2.13. The third-order valence-electron chi connectivity index (χ3n) is 3.09. The molecule has 0 spiro atoms. The Hall–Kier alpha value is -3.42. The van der Waals surface area contributed by atoms with Crippen molar-refractivity contribution in [3.05, 3.63) is 58.1 Å². The van der Waals surface area contributed by atoms with Crippen molar-refractivity contribution in [2.75, 3.05) is 17.7 Å². The highest BCUT2D eigenvalue weighted by Gasteiger charge is 2.14. The number of non-ortho nitro benzene ring substituents is 1. The van der Waals surface area contributed by atoms with Crippen molar-refractivity contribution in [2.45, 2.75) is 6.92 Å². The van der Waals surface area contributed by atoms with Gasteiger partial charge in [0.1, 0.15) is 5.75 Å². The molecule has 0 saturated heterocycles. The monoisotopic (exact) mass is 329 g/mol. The third kappa shape index (κ3) is 4.07. The summed E-state index contributed by atoms with van der Waals surface area (Å²) in [6, 6.07) is 10.3. The number of carbonyl (C=O) groups excluding carboxylic acids is 2. The number of ether oxygens (including phenoxy) is 1. The van der Waals surface area contributed by atoms with Crippen LogP contribution in [0.15, 0.2) is 42.5 Å². The Balaban J connectivity index is 2.23. The lowest BCUT2D eigenvalue weighted by molar-refractivity contribution is -0.384. The van der Waals surface area contributed by atoms with Crippen LogP contribution in [0.1, 0.15) is 17.3 Å². The highest BCUT2D eigenvalue weighted by molar-refractivity contribution is 6.06. The Morgan fingerprint density at radius 3 is 2.50 bits per heavy atom. The fraction of sp³-hybridized carbons (Fsp3) is 0.125.